The Balaban J connectivity index is 1.38. The molecule has 0 unspecified atom stereocenters. The largest absolute Gasteiger partial charge is 0.368 e. The smallest absolute Gasteiger partial charge is 0.242 e. The number of piperazine rings is 1. The number of carbonyl (C=O) groups excluding carboxylic acids is 2. The normalized spacial score (nSPS) is 14.3. The molecule has 0 aliphatic carbocycles. The molecule has 0 spiro atoms. The Hall–Kier alpha value is -1.84. The molecule has 1 saturated heterocycles. The van der Waals surface area contributed by atoms with E-state index >= 15 is 0 Å². The number of nitrogens with one attached hydrogen (secondary N) is 1. The lowest BCUT2D eigenvalue weighted by Crippen LogP contribution is -2.51. The number of anilines is 1. The summed E-state index contributed by atoms with van der Waals surface area (Å²) in [6.45, 7) is 2.76. The van der Waals surface area contributed by atoms with Crippen molar-refractivity contribution >= 4 is 52.2 Å². The highest BCUT2D eigenvalue weighted by molar-refractivity contribution is 8.01. The standard InChI is InChI=1S/C16H18ClN5O2S2/c17-12-2-1-3-13(8-12)21-4-6-22(7-5-21)15(24)9-18-14(23)10-25-16-20-19-11-26-16/h1-3,8,11H,4-7,9-10H2,(H,18,23). The lowest BCUT2D eigenvalue weighted by molar-refractivity contribution is -0.132. The van der Waals surface area contributed by atoms with Crippen LogP contribution in [0, 0.1) is 0 Å². The summed E-state index contributed by atoms with van der Waals surface area (Å²) < 4.78 is 0.739. The number of thioether (sulfide) groups is 1. The number of nitrogens with zero attached hydrogens (tertiary/aromatic N) is 4. The monoisotopic (exact) mass is 411 g/mol. The first-order valence-corrected chi connectivity index (χ1v) is 10.3. The Kier molecular flexibility index (Phi) is 6.70. The van der Waals surface area contributed by atoms with Crippen molar-refractivity contribution in [3.05, 3.63) is 34.8 Å². The van der Waals surface area contributed by atoms with Crippen LogP contribution < -0.4 is 10.2 Å². The van der Waals surface area contributed by atoms with Gasteiger partial charge in [0.15, 0.2) is 4.34 Å². The molecular weight excluding hydrogens is 394 g/mol. The van der Waals surface area contributed by atoms with E-state index in [1.807, 2.05) is 24.3 Å². The molecule has 1 aromatic heterocycles. The number of amides is 2. The van der Waals surface area contributed by atoms with Crippen molar-refractivity contribution in [2.45, 2.75) is 4.34 Å². The van der Waals surface area contributed by atoms with Gasteiger partial charge in [-0.2, -0.15) is 0 Å². The van der Waals surface area contributed by atoms with Gasteiger partial charge in [0.05, 0.1) is 12.3 Å². The molecule has 2 heterocycles. The van der Waals surface area contributed by atoms with Gasteiger partial charge in [-0.1, -0.05) is 40.8 Å². The second-order valence-electron chi connectivity index (χ2n) is 5.62. The van der Waals surface area contributed by atoms with Crippen LogP contribution >= 0.6 is 34.7 Å². The highest BCUT2D eigenvalue weighted by Crippen LogP contribution is 2.21. The van der Waals surface area contributed by atoms with E-state index in [4.69, 9.17) is 11.6 Å². The fourth-order valence-electron chi connectivity index (χ4n) is 2.58. The van der Waals surface area contributed by atoms with Crippen molar-refractivity contribution in [3.63, 3.8) is 0 Å². The van der Waals surface area contributed by atoms with Gasteiger partial charge in [-0.25, -0.2) is 0 Å². The average Bonchev–Trinajstić information content (AvgIpc) is 3.18. The van der Waals surface area contributed by atoms with E-state index in [9.17, 15) is 9.59 Å². The molecule has 3 rings (SSSR count). The van der Waals surface area contributed by atoms with Crippen molar-refractivity contribution in [2.24, 2.45) is 0 Å². The van der Waals surface area contributed by atoms with Crippen molar-refractivity contribution in [3.8, 4) is 0 Å². The molecule has 7 nitrogen and oxygen atoms in total. The second-order valence-corrected chi connectivity index (χ2v) is 8.11. The van der Waals surface area contributed by atoms with Crippen molar-refractivity contribution in [1.82, 2.24) is 20.4 Å². The van der Waals surface area contributed by atoms with Gasteiger partial charge in [0.1, 0.15) is 5.51 Å². The molecule has 0 atom stereocenters. The lowest BCUT2D eigenvalue weighted by atomic mass is 10.2. The number of hydrogen-bond acceptors (Lipinski definition) is 7. The fraction of sp³-hybridized carbons (Fsp3) is 0.375. The minimum absolute atomic E-state index is 0.0205. The van der Waals surface area contributed by atoms with Crippen LogP contribution in [-0.4, -0.2) is 65.4 Å². The molecule has 1 aliphatic heterocycles. The number of rotatable bonds is 6. The third-order valence-electron chi connectivity index (χ3n) is 3.91. The Bertz CT molecular complexity index is 751. The van der Waals surface area contributed by atoms with Gasteiger partial charge in [-0.15, -0.1) is 10.2 Å². The summed E-state index contributed by atoms with van der Waals surface area (Å²) in [6.07, 6.45) is 0. The molecule has 2 aromatic rings. The first-order chi connectivity index (χ1) is 12.6. The number of benzene rings is 1. The minimum Gasteiger partial charge on any atom is -0.368 e. The molecule has 1 aliphatic rings. The van der Waals surface area contributed by atoms with Crippen LogP contribution in [-0.2, 0) is 9.59 Å². The highest BCUT2D eigenvalue weighted by atomic mass is 35.5. The maximum absolute atomic E-state index is 12.3. The van der Waals surface area contributed by atoms with Crippen LogP contribution in [0.3, 0.4) is 0 Å². The summed E-state index contributed by atoms with van der Waals surface area (Å²) in [7, 11) is 0. The second kappa shape index (κ2) is 9.20. The fourth-order valence-corrected chi connectivity index (χ4v) is 4.08. The molecule has 2 amide bonds. The minimum atomic E-state index is -0.184. The van der Waals surface area contributed by atoms with E-state index in [0.29, 0.717) is 18.1 Å². The quantitative estimate of drug-likeness (QED) is 0.729. The first kappa shape index (κ1) is 18.9. The van der Waals surface area contributed by atoms with Crippen LogP contribution in [0.15, 0.2) is 34.1 Å². The molecule has 1 fully saturated rings. The third kappa shape index (κ3) is 5.33. The van der Waals surface area contributed by atoms with Gasteiger partial charge in [0.25, 0.3) is 0 Å². The van der Waals surface area contributed by atoms with E-state index in [2.05, 4.69) is 20.4 Å². The van der Waals surface area contributed by atoms with E-state index in [1.54, 1.807) is 10.4 Å². The molecule has 26 heavy (non-hydrogen) atoms. The zero-order valence-electron chi connectivity index (χ0n) is 13.9. The summed E-state index contributed by atoms with van der Waals surface area (Å²) in [5.41, 5.74) is 2.68. The van der Waals surface area contributed by atoms with Crippen molar-refractivity contribution < 1.29 is 9.59 Å². The van der Waals surface area contributed by atoms with Gasteiger partial charge in [-0.3, -0.25) is 9.59 Å². The van der Waals surface area contributed by atoms with Gasteiger partial charge in [0.2, 0.25) is 11.8 Å². The van der Waals surface area contributed by atoms with E-state index in [-0.39, 0.29) is 24.1 Å². The molecule has 0 bridgehead atoms. The maximum atomic E-state index is 12.3. The van der Waals surface area contributed by atoms with E-state index < -0.39 is 0 Å². The Morgan fingerprint density at radius 3 is 2.77 bits per heavy atom. The van der Waals surface area contributed by atoms with Crippen LogP contribution in [0.4, 0.5) is 5.69 Å². The van der Waals surface area contributed by atoms with E-state index in [0.717, 1.165) is 23.1 Å². The average molecular weight is 412 g/mol. The summed E-state index contributed by atoms with van der Waals surface area (Å²) in [5, 5.41) is 10.9. The molecule has 0 radical (unpaired) electrons. The van der Waals surface area contributed by atoms with E-state index in [1.165, 1.54) is 23.1 Å². The van der Waals surface area contributed by atoms with Gasteiger partial charge < -0.3 is 15.1 Å². The number of halogens is 1. The molecule has 0 saturated carbocycles. The zero-order valence-corrected chi connectivity index (χ0v) is 16.3. The molecule has 138 valence electrons. The Labute approximate surface area is 164 Å². The number of aromatic nitrogens is 2. The molecular formula is C16H18ClN5O2S2. The SMILES string of the molecule is O=C(CSc1nncs1)NCC(=O)N1CCN(c2cccc(Cl)c2)CC1. The van der Waals surface area contributed by atoms with Crippen LogP contribution in [0.2, 0.25) is 5.02 Å². The topological polar surface area (TPSA) is 78.4 Å². The summed E-state index contributed by atoms with van der Waals surface area (Å²) in [6, 6.07) is 7.70. The number of hydrogen-bond donors (Lipinski definition) is 1. The number of carbonyl (C=O) groups is 2. The summed E-state index contributed by atoms with van der Waals surface area (Å²) in [5.74, 6) is -0.0218. The van der Waals surface area contributed by atoms with Crippen molar-refractivity contribution in [1.29, 1.82) is 0 Å². The molecule has 1 aromatic carbocycles. The Morgan fingerprint density at radius 2 is 2.08 bits per heavy atom. The van der Waals surface area contributed by atoms with Crippen LogP contribution in [0.1, 0.15) is 0 Å². The maximum Gasteiger partial charge on any atom is 0.242 e. The Morgan fingerprint density at radius 1 is 1.27 bits per heavy atom. The highest BCUT2D eigenvalue weighted by Gasteiger charge is 2.21. The predicted molar refractivity (Wildman–Crippen MR) is 104 cm³/mol. The first-order valence-electron chi connectivity index (χ1n) is 8.06. The lowest BCUT2D eigenvalue weighted by Gasteiger charge is -2.36. The van der Waals surface area contributed by atoms with Crippen LogP contribution in [0.5, 0.6) is 0 Å². The van der Waals surface area contributed by atoms with Gasteiger partial charge in [0, 0.05) is 36.9 Å². The van der Waals surface area contributed by atoms with Gasteiger partial charge in [-0.05, 0) is 18.2 Å². The summed E-state index contributed by atoms with van der Waals surface area (Å²) >= 11 is 8.73. The summed E-state index contributed by atoms with van der Waals surface area (Å²) in [4.78, 5) is 28.1. The predicted octanol–water partition coefficient (Wildman–Crippen LogP) is 1.75. The van der Waals surface area contributed by atoms with Crippen LogP contribution in [0.25, 0.3) is 0 Å². The molecule has 10 heteroatoms. The third-order valence-corrected chi connectivity index (χ3v) is 6.00. The zero-order chi connectivity index (χ0) is 18.4. The van der Waals surface area contributed by atoms with Gasteiger partial charge >= 0.3 is 0 Å². The molecule has 1 N–H and O–H groups in total. The van der Waals surface area contributed by atoms with Crippen molar-refractivity contribution in [2.75, 3.05) is 43.4 Å².